The van der Waals surface area contributed by atoms with E-state index in [1.807, 2.05) is 0 Å². The number of hydrogen-bond donors (Lipinski definition) is 1. The van der Waals surface area contributed by atoms with Gasteiger partial charge in [0.25, 0.3) is 0 Å². The third kappa shape index (κ3) is 3.64. The molecular formula is C13H21F3N2O2. The van der Waals surface area contributed by atoms with Crippen molar-refractivity contribution in [1.82, 2.24) is 10.2 Å². The number of hydrogen-bond acceptors (Lipinski definition) is 2. The van der Waals surface area contributed by atoms with Crippen LogP contribution >= 0.6 is 0 Å². The second kappa shape index (κ2) is 6.01. The van der Waals surface area contributed by atoms with E-state index in [4.69, 9.17) is 0 Å². The number of rotatable bonds is 5. The van der Waals surface area contributed by atoms with Gasteiger partial charge in [0.2, 0.25) is 11.8 Å². The molecule has 0 bridgehead atoms. The zero-order chi connectivity index (χ0) is 15.6. The first-order valence-corrected chi connectivity index (χ1v) is 6.84. The van der Waals surface area contributed by atoms with Crippen LogP contribution in [0.5, 0.6) is 0 Å². The number of piperazine rings is 1. The lowest BCUT2D eigenvalue weighted by atomic mass is 9.91. The number of carbonyl (C=O) groups is 2. The molecule has 1 saturated heterocycles. The zero-order valence-electron chi connectivity index (χ0n) is 12.0. The van der Waals surface area contributed by atoms with Crippen molar-refractivity contribution in [1.29, 1.82) is 0 Å². The predicted molar refractivity (Wildman–Crippen MR) is 67.9 cm³/mol. The highest BCUT2D eigenvalue weighted by molar-refractivity contribution is 5.99. The Morgan fingerprint density at radius 1 is 1.30 bits per heavy atom. The molecule has 4 nitrogen and oxygen atoms in total. The van der Waals surface area contributed by atoms with E-state index < -0.39 is 24.2 Å². The molecule has 0 radical (unpaired) electrons. The summed E-state index contributed by atoms with van der Waals surface area (Å²) in [6.45, 7) is 5.07. The molecule has 0 aromatic carbocycles. The Labute approximate surface area is 116 Å². The van der Waals surface area contributed by atoms with Crippen LogP contribution in [0.3, 0.4) is 0 Å². The van der Waals surface area contributed by atoms with Crippen molar-refractivity contribution >= 4 is 11.8 Å². The van der Waals surface area contributed by atoms with E-state index in [1.54, 1.807) is 20.8 Å². The maximum atomic E-state index is 12.4. The van der Waals surface area contributed by atoms with Crippen LogP contribution in [-0.4, -0.2) is 41.0 Å². The molecule has 1 rings (SSSR count). The van der Waals surface area contributed by atoms with E-state index in [0.717, 1.165) is 0 Å². The molecule has 1 fully saturated rings. The molecule has 2 amide bonds. The van der Waals surface area contributed by atoms with Gasteiger partial charge in [-0.1, -0.05) is 13.8 Å². The molecule has 0 saturated carbocycles. The number of nitrogens with one attached hydrogen (secondary N) is 1. The maximum Gasteiger partial charge on any atom is 0.389 e. The predicted octanol–water partition coefficient (Wildman–Crippen LogP) is 2.23. The molecule has 116 valence electrons. The van der Waals surface area contributed by atoms with Crippen molar-refractivity contribution < 1.29 is 22.8 Å². The Morgan fingerprint density at radius 3 is 2.35 bits per heavy atom. The standard InChI is InChI=1S/C13H21F3N2O2/c1-4-9-10(19)17-12(3,5-2)11(20)18(9)8-6-7-13(14,15)16/h9H,4-8H2,1-3H3,(H,17,19). The Morgan fingerprint density at radius 2 is 1.90 bits per heavy atom. The van der Waals surface area contributed by atoms with Crippen LogP contribution in [0.15, 0.2) is 0 Å². The molecule has 20 heavy (non-hydrogen) atoms. The van der Waals surface area contributed by atoms with Gasteiger partial charge < -0.3 is 10.2 Å². The van der Waals surface area contributed by atoms with E-state index in [2.05, 4.69) is 5.32 Å². The fourth-order valence-corrected chi connectivity index (χ4v) is 2.36. The highest BCUT2D eigenvalue weighted by Crippen LogP contribution is 2.26. The van der Waals surface area contributed by atoms with Crippen LogP contribution < -0.4 is 5.32 Å². The summed E-state index contributed by atoms with van der Waals surface area (Å²) in [7, 11) is 0. The Bertz CT molecular complexity index is 384. The lowest BCUT2D eigenvalue weighted by molar-refractivity contribution is -0.156. The van der Waals surface area contributed by atoms with Crippen molar-refractivity contribution in [3.63, 3.8) is 0 Å². The zero-order valence-corrected chi connectivity index (χ0v) is 12.0. The SMILES string of the molecule is CCC1C(=O)NC(C)(CC)C(=O)N1CCCC(F)(F)F. The molecule has 7 heteroatoms. The smallest absolute Gasteiger partial charge is 0.340 e. The molecule has 0 spiro atoms. The fraction of sp³-hybridized carbons (Fsp3) is 0.846. The Kier molecular flexibility index (Phi) is 5.05. The molecule has 2 unspecified atom stereocenters. The molecule has 1 aliphatic rings. The lowest BCUT2D eigenvalue weighted by Gasteiger charge is -2.44. The highest BCUT2D eigenvalue weighted by atomic mass is 19.4. The topological polar surface area (TPSA) is 49.4 Å². The first-order valence-electron chi connectivity index (χ1n) is 6.84. The number of nitrogens with zero attached hydrogens (tertiary/aromatic N) is 1. The number of amides is 2. The van der Waals surface area contributed by atoms with E-state index in [1.165, 1.54) is 4.90 Å². The minimum Gasteiger partial charge on any atom is -0.340 e. The van der Waals surface area contributed by atoms with E-state index >= 15 is 0 Å². The van der Waals surface area contributed by atoms with Gasteiger partial charge in [0.1, 0.15) is 11.6 Å². The first-order chi connectivity index (χ1) is 9.14. The van der Waals surface area contributed by atoms with Crippen LogP contribution in [0.25, 0.3) is 0 Å². The van der Waals surface area contributed by atoms with E-state index in [9.17, 15) is 22.8 Å². The summed E-state index contributed by atoms with van der Waals surface area (Å²) >= 11 is 0. The van der Waals surface area contributed by atoms with Gasteiger partial charge >= 0.3 is 6.18 Å². The van der Waals surface area contributed by atoms with Crippen molar-refractivity contribution in [2.24, 2.45) is 0 Å². The van der Waals surface area contributed by atoms with E-state index in [0.29, 0.717) is 12.8 Å². The summed E-state index contributed by atoms with van der Waals surface area (Å²) in [5.74, 6) is -0.586. The quantitative estimate of drug-likeness (QED) is 0.845. The Hall–Kier alpha value is -1.27. The second-order valence-electron chi connectivity index (χ2n) is 5.32. The van der Waals surface area contributed by atoms with E-state index in [-0.39, 0.29) is 24.8 Å². The van der Waals surface area contributed by atoms with Crippen molar-refractivity contribution in [2.45, 2.75) is 64.2 Å². The van der Waals surface area contributed by atoms with Gasteiger partial charge in [-0.25, -0.2) is 0 Å². The second-order valence-corrected chi connectivity index (χ2v) is 5.32. The summed E-state index contributed by atoms with van der Waals surface area (Å²) in [5, 5.41) is 2.68. The van der Waals surface area contributed by atoms with Crippen molar-refractivity contribution in [3.05, 3.63) is 0 Å². The van der Waals surface area contributed by atoms with Gasteiger partial charge in [0, 0.05) is 13.0 Å². The van der Waals surface area contributed by atoms with Crippen LogP contribution in [0.2, 0.25) is 0 Å². The van der Waals surface area contributed by atoms with Crippen molar-refractivity contribution in [2.75, 3.05) is 6.54 Å². The number of alkyl halides is 3. The normalized spacial score (nSPS) is 27.7. The minimum atomic E-state index is -4.24. The van der Waals surface area contributed by atoms with Gasteiger partial charge in [0.05, 0.1) is 0 Å². The Balaban J connectivity index is 2.81. The lowest BCUT2D eigenvalue weighted by Crippen LogP contribution is -2.69. The molecule has 1 heterocycles. The maximum absolute atomic E-state index is 12.4. The first kappa shape index (κ1) is 16.8. The molecule has 0 aromatic heterocycles. The van der Waals surface area contributed by atoms with Crippen LogP contribution in [0.4, 0.5) is 13.2 Å². The molecule has 0 aromatic rings. The monoisotopic (exact) mass is 294 g/mol. The minimum absolute atomic E-state index is 0.0418. The number of carbonyl (C=O) groups excluding carboxylic acids is 2. The third-order valence-electron chi connectivity index (χ3n) is 3.76. The molecular weight excluding hydrogens is 273 g/mol. The largest absolute Gasteiger partial charge is 0.389 e. The van der Waals surface area contributed by atoms with Crippen LogP contribution in [0, 0.1) is 0 Å². The summed E-state index contributed by atoms with van der Waals surface area (Å²) < 4.78 is 36.6. The van der Waals surface area contributed by atoms with Gasteiger partial charge in [-0.2, -0.15) is 13.2 Å². The molecule has 2 atom stereocenters. The van der Waals surface area contributed by atoms with Crippen molar-refractivity contribution in [3.8, 4) is 0 Å². The van der Waals surface area contributed by atoms with Gasteiger partial charge in [-0.05, 0) is 26.2 Å². The summed E-state index contributed by atoms with van der Waals surface area (Å²) in [6, 6.07) is -0.671. The molecule has 0 aliphatic carbocycles. The van der Waals surface area contributed by atoms with Gasteiger partial charge in [0.15, 0.2) is 0 Å². The van der Waals surface area contributed by atoms with Crippen LogP contribution in [0.1, 0.15) is 46.5 Å². The highest BCUT2D eigenvalue weighted by Gasteiger charge is 2.46. The summed E-state index contributed by atoms with van der Waals surface area (Å²) in [4.78, 5) is 25.7. The fourth-order valence-electron chi connectivity index (χ4n) is 2.36. The molecule has 1 aliphatic heterocycles. The van der Waals surface area contributed by atoms with Gasteiger partial charge in [-0.15, -0.1) is 0 Å². The third-order valence-corrected chi connectivity index (χ3v) is 3.76. The summed E-state index contributed by atoms with van der Waals surface area (Å²) in [5.41, 5.74) is -1.01. The number of halogens is 3. The summed E-state index contributed by atoms with van der Waals surface area (Å²) in [6.07, 6.45) is -4.57. The molecule has 1 N–H and O–H groups in total. The average Bonchev–Trinajstić information content (AvgIpc) is 2.34. The average molecular weight is 294 g/mol. The van der Waals surface area contributed by atoms with Gasteiger partial charge in [-0.3, -0.25) is 9.59 Å². The van der Waals surface area contributed by atoms with Crippen LogP contribution in [-0.2, 0) is 9.59 Å².